The van der Waals surface area contributed by atoms with Crippen molar-refractivity contribution in [1.29, 1.82) is 0 Å². The van der Waals surface area contributed by atoms with Gasteiger partial charge in [-0.05, 0) is 36.2 Å². The Labute approximate surface area is 192 Å². The summed E-state index contributed by atoms with van der Waals surface area (Å²) in [6.45, 7) is 5.70. The molecule has 3 aromatic rings. The number of ether oxygens (including phenoxy) is 1. The number of piperazine rings is 1. The molecule has 172 valence electrons. The van der Waals surface area contributed by atoms with Gasteiger partial charge in [-0.15, -0.1) is 0 Å². The largest absolute Gasteiger partial charge is 0.482 e. The van der Waals surface area contributed by atoms with E-state index in [4.69, 9.17) is 4.74 Å². The molecule has 9 heteroatoms. The summed E-state index contributed by atoms with van der Waals surface area (Å²) in [5.74, 6) is 0.200. The first-order valence-corrected chi connectivity index (χ1v) is 10.8. The van der Waals surface area contributed by atoms with Crippen molar-refractivity contribution in [2.45, 2.75) is 20.1 Å². The SMILES string of the molecule is Cc1ccc(OCc2cccc(C(=O)N3CCN(Cc4cnn(C)c4)CC3)c2)c([N+](=O)[O-])c1. The average Bonchev–Trinajstić information content (AvgIpc) is 3.22. The van der Waals surface area contributed by atoms with Gasteiger partial charge in [-0.2, -0.15) is 5.10 Å². The molecule has 0 aliphatic carbocycles. The van der Waals surface area contributed by atoms with Crippen LogP contribution in [0.2, 0.25) is 0 Å². The smallest absolute Gasteiger partial charge is 0.311 e. The number of carbonyl (C=O) groups is 1. The lowest BCUT2D eigenvalue weighted by molar-refractivity contribution is -0.386. The highest BCUT2D eigenvalue weighted by Crippen LogP contribution is 2.28. The van der Waals surface area contributed by atoms with E-state index in [1.54, 1.807) is 35.9 Å². The minimum Gasteiger partial charge on any atom is -0.482 e. The molecule has 1 aliphatic rings. The maximum absolute atomic E-state index is 13.0. The van der Waals surface area contributed by atoms with Crippen LogP contribution < -0.4 is 4.74 Å². The first kappa shape index (κ1) is 22.5. The molecule has 1 amide bonds. The van der Waals surface area contributed by atoms with E-state index in [1.165, 1.54) is 11.6 Å². The molecule has 1 fully saturated rings. The van der Waals surface area contributed by atoms with Crippen LogP contribution in [-0.4, -0.2) is 56.6 Å². The number of carbonyl (C=O) groups excluding carboxylic acids is 1. The summed E-state index contributed by atoms with van der Waals surface area (Å²) < 4.78 is 7.51. The minimum atomic E-state index is -0.448. The Bertz CT molecular complexity index is 1150. The molecule has 0 atom stereocenters. The van der Waals surface area contributed by atoms with E-state index in [9.17, 15) is 14.9 Å². The fourth-order valence-corrected chi connectivity index (χ4v) is 3.95. The molecule has 33 heavy (non-hydrogen) atoms. The Balaban J connectivity index is 1.35. The van der Waals surface area contributed by atoms with Crippen molar-refractivity contribution < 1.29 is 14.5 Å². The average molecular weight is 450 g/mol. The molecule has 1 aromatic heterocycles. The molecule has 2 aromatic carbocycles. The number of nitro groups is 1. The molecule has 1 aliphatic heterocycles. The van der Waals surface area contributed by atoms with Gasteiger partial charge < -0.3 is 9.64 Å². The van der Waals surface area contributed by atoms with Gasteiger partial charge in [0, 0.05) is 63.2 Å². The number of aryl methyl sites for hydroxylation is 2. The maximum Gasteiger partial charge on any atom is 0.311 e. The number of nitro benzene ring substituents is 1. The highest BCUT2D eigenvalue weighted by molar-refractivity contribution is 5.94. The van der Waals surface area contributed by atoms with E-state index in [2.05, 4.69) is 10.00 Å². The van der Waals surface area contributed by atoms with Crippen molar-refractivity contribution in [3.8, 4) is 5.75 Å². The Hall–Kier alpha value is -3.72. The molecule has 9 nitrogen and oxygen atoms in total. The molecule has 0 N–H and O–H groups in total. The maximum atomic E-state index is 13.0. The highest BCUT2D eigenvalue weighted by Gasteiger charge is 2.23. The fraction of sp³-hybridized carbons (Fsp3) is 0.333. The molecule has 0 bridgehead atoms. The van der Waals surface area contributed by atoms with Crippen LogP contribution in [0.3, 0.4) is 0 Å². The summed E-state index contributed by atoms with van der Waals surface area (Å²) in [5.41, 5.74) is 3.27. The Kier molecular flexibility index (Phi) is 6.69. The van der Waals surface area contributed by atoms with E-state index in [0.29, 0.717) is 18.7 Å². The molecule has 0 saturated carbocycles. The van der Waals surface area contributed by atoms with Crippen molar-refractivity contribution in [3.05, 3.63) is 87.2 Å². The predicted octanol–water partition coefficient (Wildman–Crippen LogP) is 3.17. The Morgan fingerprint density at radius 1 is 1.12 bits per heavy atom. The van der Waals surface area contributed by atoms with Gasteiger partial charge in [-0.1, -0.05) is 18.2 Å². The quantitative estimate of drug-likeness (QED) is 0.406. The summed E-state index contributed by atoms with van der Waals surface area (Å²) in [7, 11) is 1.90. The van der Waals surface area contributed by atoms with Crippen LogP contribution in [0, 0.1) is 17.0 Å². The van der Waals surface area contributed by atoms with Crippen molar-refractivity contribution in [2.24, 2.45) is 7.05 Å². The van der Waals surface area contributed by atoms with Gasteiger partial charge in [-0.25, -0.2) is 0 Å². The third-order valence-electron chi connectivity index (χ3n) is 5.70. The van der Waals surface area contributed by atoms with E-state index in [-0.39, 0.29) is 24.0 Å². The topological polar surface area (TPSA) is 93.7 Å². The zero-order valence-corrected chi connectivity index (χ0v) is 18.8. The molecule has 0 spiro atoms. The second-order valence-corrected chi connectivity index (χ2v) is 8.31. The standard InChI is InChI=1S/C24H27N5O4/c1-18-6-7-23(22(12-18)29(31)32)33-17-19-4-3-5-21(13-19)24(30)28-10-8-27(9-11-28)16-20-14-25-26(2)15-20/h3-7,12-15H,8-11,16-17H2,1-2H3. The first-order valence-electron chi connectivity index (χ1n) is 10.8. The zero-order valence-electron chi connectivity index (χ0n) is 18.8. The molecule has 0 radical (unpaired) electrons. The molecular weight excluding hydrogens is 422 g/mol. The van der Waals surface area contributed by atoms with Crippen molar-refractivity contribution in [3.63, 3.8) is 0 Å². The van der Waals surface area contributed by atoms with Crippen LogP contribution in [0.15, 0.2) is 54.9 Å². The van der Waals surface area contributed by atoms with Crippen LogP contribution in [0.25, 0.3) is 0 Å². The summed E-state index contributed by atoms with van der Waals surface area (Å²) in [4.78, 5) is 28.1. The van der Waals surface area contributed by atoms with Crippen LogP contribution in [0.5, 0.6) is 5.75 Å². The van der Waals surface area contributed by atoms with Gasteiger partial charge in [0.2, 0.25) is 0 Å². The number of nitrogens with zero attached hydrogens (tertiary/aromatic N) is 5. The Morgan fingerprint density at radius 2 is 1.91 bits per heavy atom. The van der Waals surface area contributed by atoms with Gasteiger partial charge in [0.15, 0.2) is 5.75 Å². The molecular formula is C24H27N5O4. The molecule has 1 saturated heterocycles. The monoisotopic (exact) mass is 449 g/mol. The second kappa shape index (κ2) is 9.83. The van der Waals surface area contributed by atoms with Crippen LogP contribution in [0.4, 0.5) is 5.69 Å². The van der Waals surface area contributed by atoms with Gasteiger partial charge in [-0.3, -0.25) is 24.5 Å². The minimum absolute atomic E-state index is 0.0146. The lowest BCUT2D eigenvalue weighted by Crippen LogP contribution is -2.48. The van der Waals surface area contributed by atoms with Gasteiger partial charge in [0.05, 0.1) is 11.1 Å². The zero-order chi connectivity index (χ0) is 23.4. The van der Waals surface area contributed by atoms with Gasteiger partial charge >= 0.3 is 5.69 Å². The molecule has 4 rings (SSSR count). The second-order valence-electron chi connectivity index (χ2n) is 8.31. The van der Waals surface area contributed by atoms with Gasteiger partial charge in [0.1, 0.15) is 6.61 Å². The Morgan fingerprint density at radius 3 is 2.61 bits per heavy atom. The lowest BCUT2D eigenvalue weighted by Gasteiger charge is -2.34. The van der Waals surface area contributed by atoms with E-state index >= 15 is 0 Å². The van der Waals surface area contributed by atoms with E-state index in [1.807, 2.05) is 36.5 Å². The third-order valence-corrected chi connectivity index (χ3v) is 5.70. The highest BCUT2D eigenvalue weighted by atomic mass is 16.6. The van der Waals surface area contributed by atoms with Crippen LogP contribution in [-0.2, 0) is 20.2 Å². The molecule has 2 heterocycles. The van der Waals surface area contributed by atoms with Crippen molar-refractivity contribution in [2.75, 3.05) is 26.2 Å². The normalized spacial score (nSPS) is 14.3. The van der Waals surface area contributed by atoms with Crippen molar-refractivity contribution >= 4 is 11.6 Å². The van der Waals surface area contributed by atoms with Gasteiger partial charge in [0.25, 0.3) is 5.91 Å². The van der Waals surface area contributed by atoms with E-state index < -0.39 is 4.92 Å². The fourth-order valence-electron chi connectivity index (χ4n) is 3.95. The number of benzene rings is 2. The van der Waals surface area contributed by atoms with E-state index in [0.717, 1.165) is 30.8 Å². The number of amides is 1. The summed E-state index contributed by atoms with van der Waals surface area (Å²) in [6, 6.07) is 12.1. The number of hydrogen-bond acceptors (Lipinski definition) is 6. The first-order chi connectivity index (χ1) is 15.9. The summed E-state index contributed by atoms with van der Waals surface area (Å²) >= 11 is 0. The van der Waals surface area contributed by atoms with Crippen LogP contribution in [0.1, 0.15) is 27.0 Å². The third kappa shape index (κ3) is 5.56. The number of hydrogen-bond donors (Lipinski definition) is 0. The summed E-state index contributed by atoms with van der Waals surface area (Å²) in [5, 5.41) is 15.5. The lowest BCUT2D eigenvalue weighted by atomic mass is 10.1. The number of rotatable bonds is 7. The number of aromatic nitrogens is 2. The summed E-state index contributed by atoms with van der Waals surface area (Å²) in [6.07, 6.45) is 3.88. The predicted molar refractivity (Wildman–Crippen MR) is 123 cm³/mol. The van der Waals surface area contributed by atoms with Crippen molar-refractivity contribution in [1.82, 2.24) is 19.6 Å². The molecule has 0 unspecified atom stereocenters. The van der Waals surface area contributed by atoms with Crippen LogP contribution >= 0.6 is 0 Å².